The topological polar surface area (TPSA) is 125 Å². The van der Waals surface area contributed by atoms with Crippen LogP contribution in [0.1, 0.15) is 22.8 Å². The molecular formula is C26H25N3O7. The Hall–Kier alpha value is -4.86. The summed E-state index contributed by atoms with van der Waals surface area (Å²) < 4.78 is 21.0. The van der Waals surface area contributed by atoms with Gasteiger partial charge >= 0.3 is 17.8 Å². The first-order valence-electron chi connectivity index (χ1n) is 10.7. The van der Waals surface area contributed by atoms with Gasteiger partial charge in [0.15, 0.2) is 0 Å². The van der Waals surface area contributed by atoms with Gasteiger partial charge in [-0.2, -0.15) is 5.10 Å². The average molecular weight is 492 g/mol. The number of hydrazone groups is 1. The Morgan fingerprint density at radius 1 is 0.750 bits per heavy atom. The van der Waals surface area contributed by atoms with Gasteiger partial charge in [0, 0.05) is 11.6 Å². The molecule has 3 aromatic rings. The molecule has 3 rings (SSSR count). The van der Waals surface area contributed by atoms with Crippen molar-refractivity contribution in [3.8, 4) is 23.0 Å². The van der Waals surface area contributed by atoms with E-state index in [0.717, 1.165) is 0 Å². The van der Waals surface area contributed by atoms with Gasteiger partial charge in [-0.3, -0.25) is 9.59 Å². The monoisotopic (exact) mass is 491 g/mol. The molecule has 0 aromatic heterocycles. The van der Waals surface area contributed by atoms with E-state index in [9.17, 15) is 14.4 Å². The van der Waals surface area contributed by atoms with Gasteiger partial charge in [0.2, 0.25) is 0 Å². The fraction of sp³-hybridized carbons (Fsp3) is 0.154. The number of para-hydroxylation sites is 1. The van der Waals surface area contributed by atoms with Crippen LogP contribution in [0.5, 0.6) is 23.0 Å². The molecule has 10 heteroatoms. The molecule has 0 atom stereocenters. The lowest BCUT2D eigenvalue weighted by Crippen LogP contribution is -2.33. The van der Waals surface area contributed by atoms with Crippen LogP contribution in [0.25, 0.3) is 0 Å². The smallest absolute Gasteiger partial charge is 0.343 e. The van der Waals surface area contributed by atoms with Gasteiger partial charge < -0.3 is 24.3 Å². The second-order valence-electron chi connectivity index (χ2n) is 7.28. The summed E-state index contributed by atoms with van der Waals surface area (Å²) in [5, 5.41) is 6.45. The molecule has 0 unspecified atom stereocenters. The first-order chi connectivity index (χ1) is 17.4. The van der Waals surface area contributed by atoms with Gasteiger partial charge in [-0.05, 0) is 49.4 Å². The number of ether oxygens (including phenoxy) is 4. The van der Waals surface area contributed by atoms with E-state index >= 15 is 0 Å². The minimum Gasteiger partial charge on any atom is -0.497 e. The zero-order valence-corrected chi connectivity index (χ0v) is 20.2. The molecular weight excluding hydrogens is 466 g/mol. The number of rotatable bonds is 8. The molecule has 2 N–H and O–H groups in total. The minimum absolute atomic E-state index is 0.228. The van der Waals surface area contributed by atoms with Crippen molar-refractivity contribution in [1.29, 1.82) is 0 Å². The number of methoxy groups -OCH3 is 3. The number of carbonyl (C=O) groups is 3. The SMILES string of the molecule is COc1cccc(C(=O)Oc2ccccc2/C(C)=N/NC(=O)C(=O)Nc2cc(OC)ccc2OC)c1. The number of hydrogen-bond donors (Lipinski definition) is 2. The Morgan fingerprint density at radius 2 is 1.47 bits per heavy atom. The number of benzene rings is 3. The van der Waals surface area contributed by atoms with Crippen LogP contribution in [-0.4, -0.2) is 44.8 Å². The first kappa shape index (κ1) is 25.8. The van der Waals surface area contributed by atoms with Crippen LogP contribution in [0, 0.1) is 0 Å². The number of nitrogens with one attached hydrogen (secondary N) is 2. The molecule has 36 heavy (non-hydrogen) atoms. The predicted octanol–water partition coefficient (Wildman–Crippen LogP) is 3.41. The second-order valence-corrected chi connectivity index (χ2v) is 7.28. The third-order valence-electron chi connectivity index (χ3n) is 4.97. The van der Waals surface area contributed by atoms with Gasteiger partial charge in [0.25, 0.3) is 0 Å². The van der Waals surface area contributed by atoms with Crippen LogP contribution in [-0.2, 0) is 9.59 Å². The molecule has 0 fully saturated rings. The molecule has 10 nitrogen and oxygen atoms in total. The molecule has 0 bridgehead atoms. The molecule has 0 aliphatic carbocycles. The quantitative estimate of drug-likeness (QED) is 0.163. The van der Waals surface area contributed by atoms with Gasteiger partial charge in [-0.15, -0.1) is 0 Å². The van der Waals surface area contributed by atoms with E-state index in [1.54, 1.807) is 67.6 Å². The largest absolute Gasteiger partial charge is 0.497 e. The number of anilines is 1. The van der Waals surface area contributed by atoms with Crippen LogP contribution in [0.15, 0.2) is 71.8 Å². The summed E-state index contributed by atoms with van der Waals surface area (Å²) in [7, 11) is 4.41. The molecule has 0 heterocycles. The Morgan fingerprint density at radius 3 is 2.19 bits per heavy atom. The normalized spacial score (nSPS) is 10.7. The number of hydrogen-bond acceptors (Lipinski definition) is 8. The summed E-state index contributed by atoms with van der Waals surface area (Å²) >= 11 is 0. The highest BCUT2D eigenvalue weighted by Crippen LogP contribution is 2.28. The summed E-state index contributed by atoms with van der Waals surface area (Å²) in [5.41, 5.74) is 3.52. The Kier molecular flexibility index (Phi) is 8.60. The lowest BCUT2D eigenvalue weighted by molar-refractivity contribution is -0.136. The second kappa shape index (κ2) is 12.0. The molecule has 0 saturated carbocycles. The fourth-order valence-corrected chi connectivity index (χ4v) is 3.10. The Labute approximate surface area is 207 Å². The van der Waals surface area contributed by atoms with Crippen molar-refractivity contribution >= 4 is 29.2 Å². The van der Waals surface area contributed by atoms with E-state index in [1.807, 2.05) is 0 Å². The number of amides is 2. The van der Waals surface area contributed by atoms with Crippen molar-refractivity contribution < 1.29 is 33.3 Å². The molecule has 0 aliphatic heterocycles. The standard InChI is InChI=1S/C26H25N3O7/c1-16(28-29-25(31)24(30)27-21-15-19(34-3)12-13-23(21)35-4)20-10-5-6-11-22(20)36-26(32)17-8-7-9-18(14-17)33-2/h5-15H,1-4H3,(H,27,30)(H,29,31)/b28-16+. The van der Waals surface area contributed by atoms with Crippen molar-refractivity contribution in [3.63, 3.8) is 0 Å². The Bertz CT molecular complexity index is 1300. The third-order valence-corrected chi connectivity index (χ3v) is 4.97. The zero-order valence-electron chi connectivity index (χ0n) is 20.2. The average Bonchev–Trinajstić information content (AvgIpc) is 2.91. The van der Waals surface area contributed by atoms with E-state index < -0.39 is 17.8 Å². The van der Waals surface area contributed by atoms with Gasteiger partial charge in [-0.1, -0.05) is 18.2 Å². The van der Waals surface area contributed by atoms with Crippen LogP contribution >= 0.6 is 0 Å². The van der Waals surface area contributed by atoms with E-state index in [2.05, 4.69) is 15.8 Å². The highest BCUT2D eigenvalue weighted by molar-refractivity contribution is 6.39. The van der Waals surface area contributed by atoms with E-state index in [1.165, 1.54) is 27.4 Å². The maximum Gasteiger partial charge on any atom is 0.343 e. The minimum atomic E-state index is -1.01. The van der Waals surface area contributed by atoms with Crippen molar-refractivity contribution in [2.24, 2.45) is 5.10 Å². The van der Waals surface area contributed by atoms with Gasteiger partial charge in [-0.25, -0.2) is 10.2 Å². The van der Waals surface area contributed by atoms with Crippen molar-refractivity contribution in [3.05, 3.63) is 77.9 Å². The van der Waals surface area contributed by atoms with E-state index in [-0.39, 0.29) is 11.4 Å². The molecule has 2 amide bonds. The van der Waals surface area contributed by atoms with Crippen LogP contribution in [0.2, 0.25) is 0 Å². The molecule has 0 aliphatic rings. The van der Waals surface area contributed by atoms with Crippen molar-refractivity contribution in [1.82, 2.24) is 5.43 Å². The highest BCUT2D eigenvalue weighted by atomic mass is 16.5. The molecule has 0 radical (unpaired) electrons. The summed E-state index contributed by atoms with van der Waals surface area (Å²) in [6, 6.07) is 18.0. The molecule has 186 valence electrons. The van der Waals surface area contributed by atoms with Crippen LogP contribution in [0.4, 0.5) is 5.69 Å². The maximum absolute atomic E-state index is 12.6. The zero-order chi connectivity index (χ0) is 26.1. The third kappa shape index (κ3) is 6.38. The van der Waals surface area contributed by atoms with Gasteiger partial charge in [0.05, 0.1) is 38.3 Å². The maximum atomic E-state index is 12.6. The van der Waals surface area contributed by atoms with E-state index in [0.29, 0.717) is 34.1 Å². The van der Waals surface area contributed by atoms with Crippen molar-refractivity contribution in [2.45, 2.75) is 6.92 Å². The lowest BCUT2D eigenvalue weighted by atomic mass is 10.1. The van der Waals surface area contributed by atoms with E-state index in [4.69, 9.17) is 18.9 Å². The van der Waals surface area contributed by atoms with Crippen LogP contribution in [0.3, 0.4) is 0 Å². The van der Waals surface area contributed by atoms with Crippen LogP contribution < -0.4 is 29.7 Å². The first-order valence-corrected chi connectivity index (χ1v) is 10.7. The Balaban J connectivity index is 1.71. The number of esters is 1. The molecule has 3 aromatic carbocycles. The predicted molar refractivity (Wildman–Crippen MR) is 133 cm³/mol. The summed E-state index contributed by atoms with van der Waals surface area (Å²) in [4.78, 5) is 37.4. The summed E-state index contributed by atoms with van der Waals surface area (Å²) in [5.74, 6) is -0.996. The molecule has 0 spiro atoms. The van der Waals surface area contributed by atoms with Crippen molar-refractivity contribution in [2.75, 3.05) is 26.6 Å². The fourth-order valence-electron chi connectivity index (χ4n) is 3.10. The summed E-state index contributed by atoms with van der Waals surface area (Å²) in [6.45, 7) is 1.60. The lowest BCUT2D eigenvalue weighted by Gasteiger charge is -2.12. The molecule has 0 saturated heterocycles. The number of nitrogens with zero attached hydrogens (tertiary/aromatic N) is 1. The highest BCUT2D eigenvalue weighted by Gasteiger charge is 2.18. The summed E-state index contributed by atoms with van der Waals surface area (Å²) in [6.07, 6.45) is 0. The number of carbonyl (C=O) groups excluding carboxylic acids is 3. The van der Waals surface area contributed by atoms with Gasteiger partial charge in [0.1, 0.15) is 23.0 Å².